The van der Waals surface area contributed by atoms with Crippen LogP contribution in [0.4, 0.5) is 0 Å². The first-order chi connectivity index (χ1) is 19.0. The number of benzene rings is 3. The van der Waals surface area contributed by atoms with Gasteiger partial charge < -0.3 is 9.88 Å². The van der Waals surface area contributed by atoms with Crippen molar-refractivity contribution < 1.29 is 13.2 Å². The summed E-state index contributed by atoms with van der Waals surface area (Å²) < 4.78 is 28.4. The Bertz CT molecular complexity index is 1530. The van der Waals surface area contributed by atoms with Crippen LogP contribution < -0.4 is 0 Å². The fraction of sp³-hybridized carbons (Fsp3) is 0.364. The van der Waals surface area contributed by atoms with Gasteiger partial charge in [0.1, 0.15) is 0 Å². The Balaban J connectivity index is 1.59. The van der Waals surface area contributed by atoms with Crippen LogP contribution in [0.2, 0.25) is 0 Å². The maximum atomic E-state index is 13.8. The molecule has 4 rings (SSSR count). The summed E-state index contributed by atoms with van der Waals surface area (Å²) in [6.07, 6.45) is 3.27. The number of nitrogens with one attached hydrogen (secondary N) is 1. The monoisotopic (exact) mass is 559 g/mol. The number of amides is 1. The number of carbonyl (C=O) groups is 1. The van der Waals surface area contributed by atoms with Gasteiger partial charge in [0.05, 0.1) is 11.4 Å². The summed E-state index contributed by atoms with van der Waals surface area (Å²) >= 11 is 0. The summed E-state index contributed by atoms with van der Waals surface area (Å²) in [6.45, 7) is 11.3. The van der Waals surface area contributed by atoms with E-state index in [0.29, 0.717) is 25.9 Å². The van der Waals surface area contributed by atoms with Gasteiger partial charge in [-0.15, -0.1) is 0 Å². The third kappa shape index (κ3) is 7.01. The molecule has 0 saturated heterocycles. The molecule has 0 aliphatic carbocycles. The quantitative estimate of drug-likeness (QED) is 0.230. The molecule has 6 nitrogen and oxygen atoms in total. The number of nitrogens with zero attached hydrogens (tertiary/aromatic N) is 2. The third-order valence-electron chi connectivity index (χ3n) is 7.32. The van der Waals surface area contributed by atoms with Gasteiger partial charge in [0, 0.05) is 36.7 Å². The van der Waals surface area contributed by atoms with Gasteiger partial charge in [-0.1, -0.05) is 87.9 Å². The number of rotatable bonds is 11. The summed E-state index contributed by atoms with van der Waals surface area (Å²) in [6, 6.07) is 23.3. The van der Waals surface area contributed by atoms with Crippen molar-refractivity contribution in [2.24, 2.45) is 0 Å². The zero-order valence-corrected chi connectivity index (χ0v) is 25.1. The fourth-order valence-electron chi connectivity index (χ4n) is 4.86. The van der Waals surface area contributed by atoms with Gasteiger partial charge in [-0.2, -0.15) is 4.31 Å². The number of sulfonamides is 1. The highest BCUT2D eigenvalue weighted by atomic mass is 32.2. The van der Waals surface area contributed by atoms with Crippen molar-refractivity contribution >= 4 is 26.8 Å². The molecule has 7 heteroatoms. The van der Waals surface area contributed by atoms with Crippen LogP contribution in [0.25, 0.3) is 10.9 Å². The lowest BCUT2D eigenvalue weighted by atomic mass is 9.87. The summed E-state index contributed by atoms with van der Waals surface area (Å²) in [4.78, 5) is 19.1. The number of para-hydroxylation sites is 1. The lowest BCUT2D eigenvalue weighted by molar-refractivity contribution is -0.132. The van der Waals surface area contributed by atoms with Gasteiger partial charge in [0.25, 0.3) is 0 Å². The smallest absolute Gasteiger partial charge is 0.243 e. The Kier molecular flexibility index (Phi) is 9.16. The van der Waals surface area contributed by atoms with E-state index in [9.17, 15) is 13.2 Å². The Morgan fingerprint density at radius 2 is 1.57 bits per heavy atom. The number of hydrogen-bond donors (Lipinski definition) is 1. The molecule has 1 heterocycles. The molecule has 4 aromatic rings. The van der Waals surface area contributed by atoms with Gasteiger partial charge in [-0.25, -0.2) is 8.42 Å². The van der Waals surface area contributed by atoms with Crippen molar-refractivity contribution in [3.8, 4) is 0 Å². The van der Waals surface area contributed by atoms with Crippen LogP contribution in [-0.2, 0) is 33.2 Å². The van der Waals surface area contributed by atoms with E-state index in [-0.39, 0.29) is 29.3 Å². The Morgan fingerprint density at radius 1 is 0.900 bits per heavy atom. The molecule has 0 bridgehead atoms. The molecule has 0 aliphatic rings. The van der Waals surface area contributed by atoms with E-state index in [1.807, 2.05) is 38.2 Å². The predicted octanol–water partition coefficient (Wildman–Crippen LogP) is 6.45. The van der Waals surface area contributed by atoms with E-state index >= 15 is 0 Å². The van der Waals surface area contributed by atoms with Gasteiger partial charge in [0.2, 0.25) is 15.9 Å². The lowest BCUT2D eigenvalue weighted by Gasteiger charge is -2.28. The summed E-state index contributed by atoms with van der Waals surface area (Å²) in [5, 5.41) is 1.14. The fourth-order valence-corrected chi connectivity index (χ4v) is 6.34. The first-order valence-corrected chi connectivity index (χ1v) is 15.4. The highest BCUT2D eigenvalue weighted by Gasteiger charge is 2.28. The summed E-state index contributed by atoms with van der Waals surface area (Å²) in [7, 11) is -3.81. The minimum Gasteiger partial charge on any atom is -0.361 e. The normalized spacial score (nSPS) is 12.2. The molecule has 0 spiro atoms. The van der Waals surface area contributed by atoms with Crippen LogP contribution in [0.15, 0.2) is 83.9 Å². The number of aromatic nitrogens is 1. The standard InChI is InChI=1S/C33H41N3O3S/c1-6-20-36(40(38,39)29-17-11-25(2)12-18-29)24-32(37)35(23-26-13-15-28(16-14-26)33(3,4)5)21-19-27-22-34-31-10-8-7-9-30(27)31/h7-18,22,34H,6,19-21,23-24H2,1-5H3. The molecule has 0 radical (unpaired) electrons. The minimum atomic E-state index is -3.81. The average Bonchev–Trinajstić information content (AvgIpc) is 3.34. The second kappa shape index (κ2) is 12.4. The second-order valence-corrected chi connectivity index (χ2v) is 13.5. The maximum Gasteiger partial charge on any atom is 0.243 e. The van der Waals surface area contributed by atoms with Crippen molar-refractivity contribution in [1.82, 2.24) is 14.2 Å². The zero-order chi connectivity index (χ0) is 28.9. The van der Waals surface area contributed by atoms with Crippen molar-refractivity contribution in [2.45, 2.75) is 64.3 Å². The molecule has 0 unspecified atom stereocenters. The van der Waals surface area contributed by atoms with E-state index in [1.165, 1.54) is 9.87 Å². The number of H-pyrrole nitrogens is 1. The van der Waals surface area contributed by atoms with Crippen LogP contribution >= 0.6 is 0 Å². The van der Waals surface area contributed by atoms with Gasteiger partial charge in [-0.3, -0.25) is 4.79 Å². The molecule has 1 aromatic heterocycles. The Hall–Kier alpha value is -3.42. The molecule has 0 atom stereocenters. The van der Waals surface area contributed by atoms with Gasteiger partial charge in [-0.05, 0) is 60.1 Å². The van der Waals surface area contributed by atoms with Crippen molar-refractivity contribution in [2.75, 3.05) is 19.6 Å². The SMILES string of the molecule is CCCN(CC(=O)N(CCc1c[nH]c2ccccc12)Cc1ccc(C(C)(C)C)cc1)S(=O)(=O)c1ccc(C)cc1. The lowest BCUT2D eigenvalue weighted by Crippen LogP contribution is -2.43. The minimum absolute atomic E-state index is 0.0361. The first kappa shape index (κ1) is 29.6. The van der Waals surface area contributed by atoms with Gasteiger partial charge >= 0.3 is 0 Å². The molecular weight excluding hydrogens is 518 g/mol. The summed E-state index contributed by atoms with van der Waals surface area (Å²) in [5.74, 6) is -0.205. The predicted molar refractivity (Wildman–Crippen MR) is 163 cm³/mol. The molecule has 0 aliphatic heterocycles. The molecule has 0 saturated carbocycles. The molecule has 212 valence electrons. The largest absolute Gasteiger partial charge is 0.361 e. The zero-order valence-electron chi connectivity index (χ0n) is 24.3. The van der Waals surface area contributed by atoms with Crippen LogP contribution in [0, 0.1) is 6.92 Å². The van der Waals surface area contributed by atoms with Crippen LogP contribution in [0.3, 0.4) is 0 Å². The molecule has 1 amide bonds. The maximum absolute atomic E-state index is 13.8. The van der Waals surface area contributed by atoms with Crippen molar-refractivity contribution in [3.05, 3.63) is 101 Å². The Morgan fingerprint density at radius 3 is 2.23 bits per heavy atom. The van der Waals surface area contributed by atoms with Crippen molar-refractivity contribution in [3.63, 3.8) is 0 Å². The topological polar surface area (TPSA) is 73.5 Å². The van der Waals surface area contributed by atoms with E-state index in [2.05, 4.69) is 56.1 Å². The molecular formula is C33H41N3O3S. The summed E-state index contributed by atoms with van der Waals surface area (Å²) in [5.41, 5.74) is 5.46. The Labute approximate surface area is 239 Å². The number of aryl methyl sites for hydroxylation is 1. The van der Waals surface area contributed by atoms with Crippen LogP contribution in [-0.4, -0.2) is 48.1 Å². The molecule has 3 aromatic carbocycles. The number of fused-ring (bicyclic) bond motifs is 1. The van der Waals surface area contributed by atoms with Crippen LogP contribution in [0.5, 0.6) is 0 Å². The third-order valence-corrected chi connectivity index (χ3v) is 9.17. The first-order valence-electron chi connectivity index (χ1n) is 14.0. The highest BCUT2D eigenvalue weighted by molar-refractivity contribution is 7.89. The van der Waals surface area contributed by atoms with E-state index < -0.39 is 10.0 Å². The van der Waals surface area contributed by atoms with Crippen LogP contribution in [0.1, 0.15) is 56.4 Å². The highest BCUT2D eigenvalue weighted by Crippen LogP contribution is 2.24. The van der Waals surface area contributed by atoms with Gasteiger partial charge in [0.15, 0.2) is 0 Å². The van der Waals surface area contributed by atoms with E-state index in [0.717, 1.165) is 27.6 Å². The molecule has 0 fully saturated rings. The second-order valence-electron chi connectivity index (χ2n) is 11.5. The molecule has 40 heavy (non-hydrogen) atoms. The number of aromatic amines is 1. The van der Waals surface area contributed by atoms with E-state index in [4.69, 9.17) is 0 Å². The van der Waals surface area contributed by atoms with E-state index in [1.54, 1.807) is 29.2 Å². The molecule has 1 N–H and O–H groups in total. The van der Waals surface area contributed by atoms with Crippen molar-refractivity contribution in [1.29, 1.82) is 0 Å². The average molecular weight is 560 g/mol. The number of hydrogen-bond acceptors (Lipinski definition) is 3. The number of carbonyl (C=O) groups excluding carboxylic acids is 1.